The van der Waals surface area contributed by atoms with Gasteiger partial charge in [-0.2, -0.15) is 5.10 Å². The van der Waals surface area contributed by atoms with E-state index >= 15 is 0 Å². The third-order valence-electron chi connectivity index (χ3n) is 5.94. The summed E-state index contributed by atoms with van der Waals surface area (Å²) in [6.07, 6.45) is 0.418. The number of ether oxygens (including phenoxy) is 1. The van der Waals surface area contributed by atoms with E-state index in [1.807, 2.05) is 65.7 Å². The van der Waals surface area contributed by atoms with Crippen molar-refractivity contribution in [1.82, 2.24) is 15.8 Å². The van der Waals surface area contributed by atoms with Gasteiger partial charge in [-0.05, 0) is 24.6 Å². The van der Waals surface area contributed by atoms with E-state index in [0.29, 0.717) is 35.9 Å². The van der Waals surface area contributed by atoms with Crippen molar-refractivity contribution in [3.63, 3.8) is 0 Å². The van der Waals surface area contributed by atoms with Crippen LogP contribution in [0.3, 0.4) is 0 Å². The van der Waals surface area contributed by atoms with Crippen LogP contribution in [0.15, 0.2) is 65.8 Å². The molecule has 1 saturated heterocycles. The molecule has 1 atom stereocenters. The summed E-state index contributed by atoms with van der Waals surface area (Å²) >= 11 is 1.31. The van der Waals surface area contributed by atoms with Crippen molar-refractivity contribution >= 4 is 39.7 Å². The number of nitrogens with one attached hydrogen (secondary N) is 2. The Labute approximate surface area is 207 Å². The van der Waals surface area contributed by atoms with Crippen molar-refractivity contribution in [3.8, 4) is 0 Å². The average Bonchev–Trinajstić information content (AvgIpc) is 3.53. The van der Waals surface area contributed by atoms with Crippen LogP contribution in [0.5, 0.6) is 0 Å². The average molecular weight is 491 g/mol. The zero-order chi connectivity index (χ0) is 24.2. The van der Waals surface area contributed by atoms with E-state index in [9.17, 15) is 9.59 Å². The largest absolute Gasteiger partial charge is 0.378 e. The van der Waals surface area contributed by atoms with Gasteiger partial charge in [0.25, 0.3) is 11.8 Å². The summed E-state index contributed by atoms with van der Waals surface area (Å²) < 4.78 is 5.38. The van der Waals surface area contributed by atoms with Gasteiger partial charge < -0.3 is 9.64 Å². The third-order valence-corrected chi connectivity index (χ3v) is 7.16. The lowest BCUT2D eigenvalue weighted by atomic mass is 10.0. The molecule has 0 saturated carbocycles. The molecule has 2 amide bonds. The number of hydrogen-bond donors (Lipinski definition) is 2. The van der Waals surface area contributed by atoms with Crippen molar-refractivity contribution < 1.29 is 14.3 Å². The molecule has 0 bridgehead atoms. The van der Waals surface area contributed by atoms with E-state index in [2.05, 4.69) is 25.8 Å². The zero-order valence-corrected chi connectivity index (χ0v) is 20.1. The molecule has 9 nitrogen and oxygen atoms in total. The molecule has 5 rings (SSSR count). The molecule has 0 spiro atoms. The first-order chi connectivity index (χ1) is 17.1. The van der Waals surface area contributed by atoms with Gasteiger partial charge in [0.05, 0.1) is 30.6 Å². The Kier molecular flexibility index (Phi) is 6.73. The number of hydrogen-bond acceptors (Lipinski definition) is 8. The van der Waals surface area contributed by atoms with Crippen LogP contribution in [-0.4, -0.2) is 48.8 Å². The van der Waals surface area contributed by atoms with E-state index in [4.69, 9.17) is 4.74 Å². The maximum Gasteiger partial charge on any atom is 0.285 e. The molecule has 2 aliphatic heterocycles. The number of amides is 2. The molecule has 3 aromatic rings. The fourth-order valence-electron chi connectivity index (χ4n) is 4.13. The second-order valence-electron chi connectivity index (χ2n) is 8.28. The number of morpholine rings is 1. The minimum atomic E-state index is -0.437. The van der Waals surface area contributed by atoms with Crippen LogP contribution in [0.1, 0.15) is 33.4 Å². The quantitative estimate of drug-likeness (QED) is 0.534. The second kappa shape index (κ2) is 10.2. The molecule has 2 N–H and O–H groups in total. The van der Waals surface area contributed by atoms with Gasteiger partial charge >= 0.3 is 0 Å². The van der Waals surface area contributed by atoms with Gasteiger partial charge in [0.2, 0.25) is 0 Å². The summed E-state index contributed by atoms with van der Waals surface area (Å²) in [5.74, 6) is -0.834. The second-order valence-corrected chi connectivity index (χ2v) is 9.25. The highest BCUT2D eigenvalue weighted by Crippen LogP contribution is 2.35. The number of anilines is 2. The highest BCUT2D eigenvalue weighted by atomic mass is 32.1. The molecule has 0 radical (unpaired) electrons. The number of rotatable bonds is 5. The molecule has 2 aromatic carbocycles. The van der Waals surface area contributed by atoms with E-state index in [1.54, 1.807) is 6.92 Å². The number of para-hydroxylation sites is 1. The summed E-state index contributed by atoms with van der Waals surface area (Å²) in [6, 6.07) is 19.6. The SMILES string of the molecule is Cc1nc(N2CCOCC2)sc1C(=O)NNC(=O)C1=NN(c2ccccc2)C(c2ccccc2)C1. The number of benzene rings is 2. The number of aromatic nitrogens is 1. The van der Waals surface area contributed by atoms with Crippen molar-refractivity contribution in [1.29, 1.82) is 0 Å². The van der Waals surface area contributed by atoms with Crippen molar-refractivity contribution in [2.24, 2.45) is 5.10 Å². The standard InChI is InChI=1S/C25H26N6O3S/c1-17-22(35-25(26-17)30-12-14-34-15-13-30)24(33)28-27-23(32)20-16-21(18-8-4-2-5-9-18)31(29-20)19-10-6-3-7-11-19/h2-11,21H,12-16H2,1H3,(H,27,32)(H,28,33). The fraction of sp³-hybridized carbons (Fsp3) is 0.280. The number of aryl methyl sites for hydroxylation is 1. The van der Waals surface area contributed by atoms with Crippen LogP contribution < -0.4 is 20.8 Å². The summed E-state index contributed by atoms with van der Waals surface area (Å²) in [5, 5.41) is 7.25. The number of hydrazone groups is 1. The Morgan fingerprint density at radius 2 is 1.63 bits per heavy atom. The van der Waals surface area contributed by atoms with E-state index in [1.165, 1.54) is 11.3 Å². The smallest absolute Gasteiger partial charge is 0.285 e. The predicted molar refractivity (Wildman–Crippen MR) is 136 cm³/mol. The topological polar surface area (TPSA) is 99.2 Å². The first kappa shape index (κ1) is 23.0. The van der Waals surface area contributed by atoms with E-state index < -0.39 is 11.8 Å². The summed E-state index contributed by atoms with van der Waals surface area (Å²) in [5.41, 5.74) is 7.99. The van der Waals surface area contributed by atoms with Crippen LogP contribution >= 0.6 is 11.3 Å². The van der Waals surface area contributed by atoms with E-state index in [0.717, 1.165) is 29.5 Å². The lowest BCUT2D eigenvalue weighted by molar-refractivity contribution is -0.115. The van der Waals surface area contributed by atoms with Gasteiger partial charge in [-0.15, -0.1) is 0 Å². The number of hydrazine groups is 1. The molecule has 10 heteroatoms. The number of thiazole rings is 1. The van der Waals surface area contributed by atoms with Gasteiger partial charge in [-0.25, -0.2) is 4.98 Å². The Hall–Kier alpha value is -3.76. The van der Waals surface area contributed by atoms with Crippen molar-refractivity contribution in [3.05, 3.63) is 76.8 Å². The third kappa shape index (κ3) is 5.03. The normalized spacial score (nSPS) is 17.7. The Balaban J connectivity index is 1.27. The van der Waals surface area contributed by atoms with Gasteiger partial charge in [0, 0.05) is 19.5 Å². The monoisotopic (exact) mass is 490 g/mol. The molecule has 0 aliphatic carbocycles. The van der Waals surface area contributed by atoms with Gasteiger partial charge in [-0.1, -0.05) is 59.9 Å². The van der Waals surface area contributed by atoms with E-state index in [-0.39, 0.29) is 6.04 Å². The molecular formula is C25H26N6O3S. The molecule has 2 aliphatic rings. The molecule has 1 unspecified atom stereocenters. The van der Waals surface area contributed by atoms with Crippen molar-refractivity contribution in [2.45, 2.75) is 19.4 Å². The molecule has 35 heavy (non-hydrogen) atoms. The highest BCUT2D eigenvalue weighted by Gasteiger charge is 2.32. The number of nitrogens with zero attached hydrogens (tertiary/aromatic N) is 4. The lowest BCUT2D eigenvalue weighted by Gasteiger charge is -2.25. The van der Waals surface area contributed by atoms with Gasteiger partial charge in [0.1, 0.15) is 10.6 Å². The highest BCUT2D eigenvalue weighted by molar-refractivity contribution is 7.17. The van der Waals surface area contributed by atoms with Crippen LogP contribution in [0.2, 0.25) is 0 Å². The van der Waals surface area contributed by atoms with Crippen LogP contribution in [0.25, 0.3) is 0 Å². The fourth-order valence-corrected chi connectivity index (χ4v) is 5.14. The van der Waals surface area contributed by atoms with Crippen LogP contribution in [-0.2, 0) is 9.53 Å². The molecule has 1 fully saturated rings. The van der Waals surface area contributed by atoms with Crippen LogP contribution in [0, 0.1) is 6.92 Å². The van der Waals surface area contributed by atoms with Gasteiger partial charge in [0.15, 0.2) is 5.13 Å². The number of carbonyl (C=O) groups is 2. The predicted octanol–water partition coefficient (Wildman–Crippen LogP) is 3.06. The van der Waals surface area contributed by atoms with Gasteiger partial charge in [-0.3, -0.25) is 25.4 Å². The first-order valence-corrected chi connectivity index (χ1v) is 12.3. The maximum atomic E-state index is 13.0. The summed E-state index contributed by atoms with van der Waals surface area (Å²) in [6.45, 7) is 4.56. The summed E-state index contributed by atoms with van der Waals surface area (Å²) in [4.78, 5) is 32.9. The minimum absolute atomic E-state index is 0.116. The molecule has 1 aromatic heterocycles. The Bertz CT molecular complexity index is 1220. The lowest BCUT2D eigenvalue weighted by Crippen LogP contribution is -2.44. The minimum Gasteiger partial charge on any atom is -0.378 e. The Morgan fingerprint density at radius 3 is 2.34 bits per heavy atom. The zero-order valence-electron chi connectivity index (χ0n) is 19.3. The molecular weight excluding hydrogens is 464 g/mol. The molecule has 3 heterocycles. The van der Waals surface area contributed by atoms with Crippen LogP contribution in [0.4, 0.5) is 10.8 Å². The van der Waals surface area contributed by atoms with Crippen molar-refractivity contribution in [2.75, 3.05) is 36.2 Å². The maximum absolute atomic E-state index is 13.0. The molecule has 180 valence electrons. The first-order valence-electron chi connectivity index (χ1n) is 11.5. The Morgan fingerprint density at radius 1 is 0.971 bits per heavy atom. The number of carbonyl (C=O) groups excluding carboxylic acids is 2. The summed E-state index contributed by atoms with van der Waals surface area (Å²) in [7, 11) is 0.